The van der Waals surface area contributed by atoms with Gasteiger partial charge in [0.25, 0.3) is 0 Å². The van der Waals surface area contributed by atoms with Gasteiger partial charge in [-0.05, 0) is 18.3 Å². The summed E-state index contributed by atoms with van der Waals surface area (Å²) in [5, 5.41) is 0. The molecule has 1 nitrogen and oxygen atoms in total. The third-order valence-corrected chi connectivity index (χ3v) is 2.87. The maximum absolute atomic E-state index is 5.70. The summed E-state index contributed by atoms with van der Waals surface area (Å²) >= 11 is 0. The summed E-state index contributed by atoms with van der Waals surface area (Å²) in [6.07, 6.45) is 8.95. The molecule has 0 aliphatic rings. The van der Waals surface area contributed by atoms with Gasteiger partial charge in [-0.1, -0.05) is 57.9 Å². The molecule has 2 unspecified atom stereocenters. The molecule has 0 aromatic heterocycles. The monoisotopic (exact) mass is 195 g/mol. The largest absolute Gasteiger partial charge is 0.327 e. The number of allylic oxidation sites excluding steroid dienone is 3. The predicted molar refractivity (Wildman–Crippen MR) is 65.2 cm³/mol. The average Bonchev–Trinajstić information content (AvgIpc) is 2.22. The lowest BCUT2D eigenvalue weighted by Crippen LogP contribution is -2.09. The van der Waals surface area contributed by atoms with Crippen LogP contribution < -0.4 is 5.73 Å². The Hall–Kier alpha value is -0.560. The van der Waals surface area contributed by atoms with Crippen LogP contribution in [-0.4, -0.2) is 6.54 Å². The van der Waals surface area contributed by atoms with Gasteiger partial charge in [-0.15, -0.1) is 0 Å². The van der Waals surface area contributed by atoms with Crippen LogP contribution in [0.4, 0.5) is 0 Å². The Kier molecular flexibility index (Phi) is 7.50. The van der Waals surface area contributed by atoms with E-state index >= 15 is 0 Å². The molecule has 0 amide bonds. The summed E-state index contributed by atoms with van der Waals surface area (Å²) in [6, 6.07) is 0. The number of rotatable bonds is 6. The van der Waals surface area contributed by atoms with Gasteiger partial charge in [0.05, 0.1) is 0 Å². The van der Waals surface area contributed by atoms with Crippen molar-refractivity contribution in [3.63, 3.8) is 0 Å². The van der Waals surface area contributed by atoms with E-state index in [0.717, 1.165) is 0 Å². The van der Waals surface area contributed by atoms with Gasteiger partial charge in [0.1, 0.15) is 0 Å². The van der Waals surface area contributed by atoms with Crippen molar-refractivity contribution in [1.29, 1.82) is 0 Å². The molecule has 0 saturated heterocycles. The Morgan fingerprint density at radius 3 is 2.29 bits per heavy atom. The topological polar surface area (TPSA) is 26.0 Å². The lowest BCUT2D eigenvalue weighted by Gasteiger charge is -2.10. The summed E-state index contributed by atoms with van der Waals surface area (Å²) in [5.74, 6) is 1.28. The van der Waals surface area contributed by atoms with Crippen molar-refractivity contribution in [3.8, 4) is 0 Å². The molecular formula is C13H25N. The minimum Gasteiger partial charge on any atom is -0.327 e. The minimum atomic E-state index is 0.613. The van der Waals surface area contributed by atoms with Gasteiger partial charge in [0, 0.05) is 6.54 Å². The fourth-order valence-corrected chi connectivity index (χ4v) is 1.20. The lowest BCUT2D eigenvalue weighted by molar-refractivity contribution is 0.642. The Morgan fingerprint density at radius 1 is 1.21 bits per heavy atom. The van der Waals surface area contributed by atoms with Crippen LogP contribution in [0.15, 0.2) is 23.8 Å². The number of nitrogens with two attached hydrogens (primary N) is 1. The molecule has 0 radical (unpaired) electrons. The third kappa shape index (κ3) is 5.23. The van der Waals surface area contributed by atoms with Crippen LogP contribution in [0.2, 0.25) is 0 Å². The van der Waals surface area contributed by atoms with E-state index in [1.165, 1.54) is 18.4 Å². The van der Waals surface area contributed by atoms with Crippen LogP contribution in [0.1, 0.15) is 40.5 Å². The lowest BCUT2D eigenvalue weighted by atomic mass is 9.98. The van der Waals surface area contributed by atoms with E-state index in [-0.39, 0.29) is 0 Å². The van der Waals surface area contributed by atoms with Gasteiger partial charge in [0.2, 0.25) is 0 Å². The molecular weight excluding hydrogens is 170 g/mol. The van der Waals surface area contributed by atoms with E-state index in [4.69, 9.17) is 5.73 Å². The average molecular weight is 195 g/mol. The van der Waals surface area contributed by atoms with E-state index in [1.54, 1.807) is 0 Å². The maximum Gasteiger partial charge on any atom is 0.0142 e. The van der Waals surface area contributed by atoms with E-state index in [9.17, 15) is 0 Å². The first-order chi connectivity index (χ1) is 6.65. The Morgan fingerprint density at radius 2 is 1.86 bits per heavy atom. The molecule has 0 fully saturated rings. The predicted octanol–water partition coefficient (Wildman–Crippen LogP) is 3.52. The highest BCUT2D eigenvalue weighted by atomic mass is 14.5. The normalized spacial score (nSPS) is 17.4. The molecule has 2 atom stereocenters. The van der Waals surface area contributed by atoms with Gasteiger partial charge in [-0.25, -0.2) is 0 Å². The maximum atomic E-state index is 5.70. The fraction of sp³-hybridized carbons (Fsp3) is 0.692. The van der Waals surface area contributed by atoms with Crippen LogP contribution in [0.25, 0.3) is 0 Å². The molecule has 0 spiro atoms. The van der Waals surface area contributed by atoms with Gasteiger partial charge >= 0.3 is 0 Å². The third-order valence-electron chi connectivity index (χ3n) is 2.87. The van der Waals surface area contributed by atoms with Crippen LogP contribution in [-0.2, 0) is 0 Å². The number of hydrogen-bond acceptors (Lipinski definition) is 1. The van der Waals surface area contributed by atoms with Crippen molar-refractivity contribution in [2.45, 2.75) is 40.5 Å². The summed E-state index contributed by atoms with van der Waals surface area (Å²) in [4.78, 5) is 0. The Balaban J connectivity index is 4.24. The minimum absolute atomic E-state index is 0.613. The number of hydrogen-bond donors (Lipinski definition) is 1. The first kappa shape index (κ1) is 13.4. The van der Waals surface area contributed by atoms with Crippen LogP contribution in [0.5, 0.6) is 0 Å². The molecule has 0 rings (SSSR count). The van der Waals surface area contributed by atoms with Crippen LogP contribution in [0, 0.1) is 11.8 Å². The van der Waals surface area contributed by atoms with Crippen LogP contribution >= 0.6 is 0 Å². The van der Waals surface area contributed by atoms with E-state index < -0.39 is 0 Å². The highest BCUT2D eigenvalue weighted by Crippen LogP contribution is 2.13. The molecule has 0 aromatic carbocycles. The zero-order chi connectivity index (χ0) is 11.0. The molecule has 0 saturated carbocycles. The van der Waals surface area contributed by atoms with Gasteiger partial charge in [-0.2, -0.15) is 0 Å². The van der Waals surface area contributed by atoms with E-state index in [1.807, 2.05) is 0 Å². The van der Waals surface area contributed by atoms with Crippen molar-refractivity contribution in [3.05, 3.63) is 23.8 Å². The zero-order valence-corrected chi connectivity index (χ0v) is 10.1. The zero-order valence-electron chi connectivity index (χ0n) is 10.1. The van der Waals surface area contributed by atoms with Crippen molar-refractivity contribution in [2.75, 3.05) is 6.54 Å². The molecule has 1 heteroatoms. The molecule has 14 heavy (non-hydrogen) atoms. The molecule has 0 aliphatic heterocycles. The smallest absolute Gasteiger partial charge is 0.0142 e. The molecule has 0 aromatic rings. The van der Waals surface area contributed by atoms with Gasteiger partial charge in [-0.3, -0.25) is 0 Å². The van der Waals surface area contributed by atoms with Crippen LogP contribution in [0.3, 0.4) is 0 Å². The quantitative estimate of drug-likeness (QED) is 0.645. The molecule has 0 bridgehead atoms. The van der Waals surface area contributed by atoms with Crippen molar-refractivity contribution >= 4 is 0 Å². The van der Waals surface area contributed by atoms with Crippen molar-refractivity contribution < 1.29 is 0 Å². The van der Waals surface area contributed by atoms with Crippen molar-refractivity contribution in [2.24, 2.45) is 17.6 Å². The second-order valence-corrected chi connectivity index (χ2v) is 4.03. The highest BCUT2D eigenvalue weighted by Gasteiger charge is 2.02. The van der Waals surface area contributed by atoms with E-state index in [0.29, 0.717) is 18.4 Å². The second kappa shape index (κ2) is 7.81. The first-order valence-electron chi connectivity index (χ1n) is 5.72. The van der Waals surface area contributed by atoms with Crippen molar-refractivity contribution in [1.82, 2.24) is 0 Å². The summed E-state index contributed by atoms with van der Waals surface area (Å²) in [7, 11) is 0. The molecule has 2 N–H and O–H groups in total. The standard InChI is InChI=1S/C13H25N/c1-5-11(3)8-7-9-13(10-14)12(4)6-2/h7-9,11-12H,5-6,10,14H2,1-4H3. The van der Waals surface area contributed by atoms with Gasteiger partial charge < -0.3 is 5.73 Å². The summed E-state index contributed by atoms with van der Waals surface area (Å²) in [6.45, 7) is 9.55. The fourth-order valence-electron chi connectivity index (χ4n) is 1.20. The Bertz CT molecular complexity index is 191. The Labute approximate surface area is 89.1 Å². The van der Waals surface area contributed by atoms with E-state index in [2.05, 4.69) is 45.9 Å². The SMILES string of the molecule is CCC(C)C=CC=C(CN)C(C)CC. The van der Waals surface area contributed by atoms with Gasteiger partial charge in [0.15, 0.2) is 0 Å². The molecule has 0 heterocycles. The molecule has 82 valence electrons. The second-order valence-electron chi connectivity index (χ2n) is 4.03. The molecule has 0 aliphatic carbocycles. The summed E-state index contributed by atoms with van der Waals surface area (Å²) in [5.41, 5.74) is 7.05. The first-order valence-corrected chi connectivity index (χ1v) is 5.72. The highest BCUT2D eigenvalue weighted by molar-refractivity contribution is 5.16. The summed E-state index contributed by atoms with van der Waals surface area (Å²) < 4.78 is 0.